The topological polar surface area (TPSA) is 45.2 Å². The van der Waals surface area contributed by atoms with Crippen LogP contribution in [0.3, 0.4) is 0 Å². The Hall–Kier alpha value is -2.01. The van der Waals surface area contributed by atoms with Crippen molar-refractivity contribution in [3.8, 4) is 0 Å². The standard InChI is InChI=1S/C20H27N5/c1-15-4-3-5-18(22-15)9-13-24-11-7-17-8-12-25(14-19(17)24)20-6-10-21-16(2)23-20/h3-6,10,17,19H,7-9,11-14H2,1-2H3. The third kappa shape index (κ3) is 3.66. The molecule has 0 aliphatic carbocycles. The molecule has 2 aromatic rings. The molecule has 2 atom stereocenters. The van der Waals surface area contributed by atoms with E-state index >= 15 is 0 Å². The molecule has 0 saturated carbocycles. The molecule has 2 aliphatic heterocycles. The summed E-state index contributed by atoms with van der Waals surface area (Å²) in [7, 11) is 0. The van der Waals surface area contributed by atoms with E-state index < -0.39 is 0 Å². The van der Waals surface area contributed by atoms with Gasteiger partial charge in [0.2, 0.25) is 0 Å². The highest BCUT2D eigenvalue weighted by molar-refractivity contribution is 5.38. The number of rotatable bonds is 4. The van der Waals surface area contributed by atoms with Gasteiger partial charge in [0.15, 0.2) is 0 Å². The predicted molar refractivity (Wildman–Crippen MR) is 99.7 cm³/mol. The van der Waals surface area contributed by atoms with Crippen LogP contribution in [0.1, 0.15) is 30.1 Å². The molecule has 0 radical (unpaired) electrons. The highest BCUT2D eigenvalue weighted by Gasteiger charge is 2.38. The van der Waals surface area contributed by atoms with E-state index in [0.717, 1.165) is 49.3 Å². The number of nitrogens with zero attached hydrogens (tertiary/aromatic N) is 5. The lowest BCUT2D eigenvalue weighted by Crippen LogP contribution is -2.49. The van der Waals surface area contributed by atoms with Crippen LogP contribution in [0.15, 0.2) is 30.5 Å². The van der Waals surface area contributed by atoms with E-state index in [1.54, 1.807) is 0 Å². The molecule has 2 unspecified atom stereocenters. The number of hydrogen-bond acceptors (Lipinski definition) is 5. The minimum absolute atomic E-state index is 0.647. The first-order valence-electron chi connectivity index (χ1n) is 9.40. The number of hydrogen-bond donors (Lipinski definition) is 0. The van der Waals surface area contributed by atoms with E-state index in [4.69, 9.17) is 0 Å². The van der Waals surface area contributed by atoms with Crippen molar-refractivity contribution in [2.75, 3.05) is 31.1 Å². The van der Waals surface area contributed by atoms with Crippen molar-refractivity contribution in [3.63, 3.8) is 0 Å². The van der Waals surface area contributed by atoms with Gasteiger partial charge in [-0.05, 0) is 57.4 Å². The van der Waals surface area contributed by atoms with Crippen molar-refractivity contribution in [3.05, 3.63) is 47.7 Å². The van der Waals surface area contributed by atoms with Gasteiger partial charge in [-0.3, -0.25) is 9.88 Å². The van der Waals surface area contributed by atoms with Gasteiger partial charge in [0.25, 0.3) is 0 Å². The quantitative estimate of drug-likeness (QED) is 0.858. The molecule has 25 heavy (non-hydrogen) atoms. The number of anilines is 1. The van der Waals surface area contributed by atoms with Crippen molar-refractivity contribution in [2.45, 2.75) is 39.2 Å². The Bertz CT molecular complexity index is 732. The number of aryl methyl sites for hydroxylation is 2. The molecule has 4 rings (SSSR count). The maximum absolute atomic E-state index is 4.66. The summed E-state index contributed by atoms with van der Waals surface area (Å²) < 4.78 is 0. The first kappa shape index (κ1) is 16.5. The van der Waals surface area contributed by atoms with E-state index in [2.05, 4.69) is 49.9 Å². The summed E-state index contributed by atoms with van der Waals surface area (Å²) >= 11 is 0. The molecule has 4 heterocycles. The van der Waals surface area contributed by atoms with Crippen molar-refractivity contribution >= 4 is 5.82 Å². The Labute approximate surface area is 150 Å². The number of fused-ring (bicyclic) bond motifs is 1. The van der Waals surface area contributed by atoms with Crippen LogP contribution in [0.5, 0.6) is 0 Å². The molecule has 2 fully saturated rings. The third-order valence-corrected chi connectivity index (χ3v) is 5.66. The second-order valence-corrected chi connectivity index (χ2v) is 7.37. The van der Waals surface area contributed by atoms with Gasteiger partial charge in [-0.2, -0.15) is 0 Å². The van der Waals surface area contributed by atoms with E-state index in [1.165, 1.54) is 25.1 Å². The van der Waals surface area contributed by atoms with Gasteiger partial charge in [0, 0.05) is 49.7 Å². The molecule has 0 spiro atoms. The second kappa shape index (κ2) is 7.08. The fourth-order valence-electron chi connectivity index (χ4n) is 4.33. The van der Waals surface area contributed by atoms with E-state index in [1.807, 2.05) is 19.2 Å². The van der Waals surface area contributed by atoms with Crippen LogP contribution in [-0.4, -0.2) is 52.1 Å². The smallest absolute Gasteiger partial charge is 0.132 e. The van der Waals surface area contributed by atoms with Gasteiger partial charge in [0.05, 0.1) is 0 Å². The number of piperidine rings is 1. The van der Waals surface area contributed by atoms with Crippen molar-refractivity contribution < 1.29 is 0 Å². The molecular weight excluding hydrogens is 310 g/mol. The summed E-state index contributed by atoms with van der Waals surface area (Å²) in [6.45, 7) is 8.56. The third-order valence-electron chi connectivity index (χ3n) is 5.66. The molecule has 0 aromatic carbocycles. The number of likely N-dealkylation sites (tertiary alicyclic amines) is 1. The maximum Gasteiger partial charge on any atom is 0.132 e. The summed E-state index contributed by atoms with van der Waals surface area (Å²) in [4.78, 5) is 18.6. The molecule has 0 amide bonds. The highest BCUT2D eigenvalue weighted by Crippen LogP contribution is 2.33. The van der Waals surface area contributed by atoms with Crippen LogP contribution in [0.25, 0.3) is 0 Å². The summed E-state index contributed by atoms with van der Waals surface area (Å²) in [5, 5.41) is 0. The van der Waals surface area contributed by atoms with Crippen LogP contribution >= 0.6 is 0 Å². The molecule has 2 aliphatic rings. The van der Waals surface area contributed by atoms with Crippen molar-refractivity contribution in [1.29, 1.82) is 0 Å². The maximum atomic E-state index is 4.66. The largest absolute Gasteiger partial charge is 0.355 e. The van der Waals surface area contributed by atoms with Gasteiger partial charge < -0.3 is 4.90 Å². The molecule has 132 valence electrons. The fourth-order valence-corrected chi connectivity index (χ4v) is 4.33. The normalized spacial score (nSPS) is 23.7. The van der Waals surface area contributed by atoms with Gasteiger partial charge in [-0.1, -0.05) is 6.07 Å². The zero-order valence-electron chi connectivity index (χ0n) is 15.2. The predicted octanol–water partition coefficient (Wildman–Crippen LogP) is 2.63. The molecule has 2 aromatic heterocycles. The minimum Gasteiger partial charge on any atom is -0.355 e. The monoisotopic (exact) mass is 337 g/mol. The molecular formula is C20H27N5. The van der Waals surface area contributed by atoms with Crippen molar-refractivity contribution in [2.24, 2.45) is 5.92 Å². The average molecular weight is 337 g/mol. The van der Waals surface area contributed by atoms with E-state index in [9.17, 15) is 0 Å². The van der Waals surface area contributed by atoms with Gasteiger partial charge in [-0.25, -0.2) is 9.97 Å². The average Bonchev–Trinajstić information content (AvgIpc) is 3.02. The molecule has 2 saturated heterocycles. The lowest BCUT2D eigenvalue weighted by Gasteiger charge is -2.39. The van der Waals surface area contributed by atoms with Gasteiger partial charge in [-0.15, -0.1) is 0 Å². The zero-order chi connectivity index (χ0) is 17.2. The van der Waals surface area contributed by atoms with Crippen LogP contribution in [0.4, 0.5) is 5.82 Å². The van der Waals surface area contributed by atoms with Crippen LogP contribution < -0.4 is 4.90 Å². The fraction of sp³-hybridized carbons (Fsp3) is 0.550. The number of pyridine rings is 1. The molecule has 5 heteroatoms. The molecule has 5 nitrogen and oxygen atoms in total. The zero-order valence-corrected chi connectivity index (χ0v) is 15.2. The first-order chi connectivity index (χ1) is 12.2. The first-order valence-corrected chi connectivity index (χ1v) is 9.40. The Balaban J connectivity index is 1.41. The Kier molecular flexibility index (Phi) is 4.66. The summed E-state index contributed by atoms with van der Waals surface area (Å²) in [6, 6.07) is 9.03. The minimum atomic E-state index is 0.647. The Morgan fingerprint density at radius 2 is 1.96 bits per heavy atom. The van der Waals surface area contributed by atoms with E-state index in [0.29, 0.717) is 6.04 Å². The summed E-state index contributed by atoms with van der Waals surface area (Å²) in [6.07, 6.45) is 5.52. The SMILES string of the molecule is Cc1cccc(CCN2CCC3CCN(c4ccnc(C)n4)CC32)n1. The van der Waals surface area contributed by atoms with Gasteiger partial charge in [0.1, 0.15) is 11.6 Å². The molecule has 0 bridgehead atoms. The molecule has 0 N–H and O–H groups in total. The van der Waals surface area contributed by atoms with Crippen LogP contribution in [-0.2, 0) is 6.42 Å². The van der Waals surface area contributed by atoms with Crippen LogP contribution in [0.2, 0.25) is 0 Å². The van der Waals surface area contributed by atoms with Crippen LogP contribution in [0, 0.1) is 19.8 Å². The summed E-state index contributed by atoms with van der Waals surface area (Å²) in [5.74, 6) is 2.77. The lowest BCUT2D eigenvalue weighted by molar-refractivity contribution is 0.209. The highest BCUT2D eigenvalue weighted by atomic mass is 15.3. The lowest BCUT2D eigenvalue weighted by atomic mass is 9.92. The number of aromatic nitrogens is 3. The Morgan fingerprint density at radius 3 is 2.80 bits per heavy atom. The second-order valence-electron chi connectivity index (χ2n) is 7.37. The summed E-state index contributed by atoms with van der Waals surface area (Å²) in [5.41, 5.74) is 2.32. The van der Waals surface area contributed by atoms with Gasteiger partial charge >= 0.3 is 0 Å². The van der Waals surface area contributed by atoms with E-state index in [-0.39, 0.29) is 0 Å². The Morgan fingerprint density at radius 1 is 1.08 bits per heavy atom. The van der Waals surface area contributed by atoms with Crippen molar-refractivity contribution in [1.82, 2.24) is 19.9 Å².